The van der Waals surface area contributed by atoms with Crippen LogP contribution in [0.3, 0.4) is 0 Å². The fourth-order valence-electron chi connectivity index (χ4n) is 2.48. The number of nitrogens with zero attached hydrogens (tertiary/aromatic N) is 2. The van der Waals surface area contributed by atoms with E-state index in [0.29, 0.717) is 0 Å². The minimum Gasteiger partial charge on any atom is -0.233 e. The molecule has 1 aliphatic rings. The Balaban J connectivity index is 2.16. The molecule has 2 nitrogen and oxygen atoms in total. The second-order valence-electron chi connectivity index (χ2n) is 5.08. The fraction of sp³-hybridized carbons (Fsp3) is 0.235. The first-order chi connectivity index (χ1) is 9.69. The molecule has 1 heterocycles. The Labute approximate surface area is 118 Å². The predicted molar refractivity (Wildman–Crippen MR) is 80.1 cm³/mol. The van der Waals surface area contributed by atoms with E-state index in [-0.39, 0.29) is 5.82 Å². The molecule has 3 rings (SSSR count). The molecular formula is C17H17FN2. The Bertz CT molecular complexity index is 690. The number of allylic oxidation sites excluding steroid dienone is 3. The first kappa shape index (κ1) is 12.9. The van der Waals surface area contributed by atoms with Gasteiger partial charge in [-0.05, 0) is 55.7 Å². The van der Waals surface area contributed by atoms with Crippen LogP contribution in [0.15, 0.2) is 42.1 Å². The number of hydrogen-bond donors (Lipinski definition) is 0. The Hall–Kier alpha value is -2.16. The molecular weight excluding hydrogens is 251 g/mol. The lowest BCUT2D eigenvalue weighted by Crippen LogP contribution is -1.99. The van der Waals surface area contributed by atoms with Crippen LogP contribution in [0, 0.1) is 5.82 Å². The summed E-state index contributed by atoms with van der Waals surface area (Å²) in [6, 6.07) is 6.44. The molecule has 0 fully saturated rings. The van der Waals surface area contributed by atoms with Gasteiger partial charge in [0.25, 0.3) is 0 Å². The van der Waals surface area contributed by atoms with Crippen LogP contribution in [0.2, 0.25) is 0 Å². The van der Waals surface area contributed by atoms with E-state index < -0.39 is 0 Å². The minimum absolute atomic E-state index is 0.229. The average molecular weight is 268 g/mol. The van der Waals surface area contributed by atoms with Gasteiger partial charge in [-0.2, -0.15) is 5.10 Å². The van der Waals surface area contributed by atoms with Crippen molar-refractivity contribution < 1.29 is 4.39 Å². The van der Waals surface area contributed by atoms with Gasteiger partial charge in [-0.15, -0.1) is 0 Å². The number of fused-ring (bicyclic) bond motifs is 1. The zero-order valence-electron chi connectivity index (χ0n) is 11.7. The Kier molecular flexibility index (Phi) is 3.26. The van der Waals surface area contributed by atoms with Crippen LogP contribution in [0.25, 0.3) is 17.3 Å². The second kappa shape index (κ2) is 5.08. The summed E-state index contributed by atoms with van der Waals surface area (Å²) >= 11 is 0. The van der Waals surface area contributed by atoms with Gasteiger partial charge in [0.1, 0.15) is 5.82 Å². The molecule has 20 heavy (non-hydrogen) atoms. The lowest BCUT2D eigenvalue weighted by molar-refractivity contribution is 0.627. The molecule has 0 aliphatic heterocycles. The third-order valence-corrected chi connectivity index (χ3v) is 3.77. The molecule has 0 unspecified atom stereocenters. The van der Waals surface area contributed by atoms with Gasteiger partial charge < -0.3 is 0 Å². The normalized spacial score (nSPS) is 14.3. The lowest BCUT2D eigenvalue weighted by Gasteiger charge is -2.07. The third-order valence-electron chi connectivity index (χ3n) is 3.77. The van der Waals surface area contributed by atoms with Crippen molar-refractivity contribution in [3.8, 4) is 5.69 Å². The van der Waals surface area contributed by atoms with Crippen LogP contribution in [0.4, 0.5) is 4.39 Å². The van der Waals surface area contributed by atoms with Crippen molar-refractivity contribution in [1.29, 1.82) is 0 Å². The van der Waals surface area contributed by atoms with Crippen LogP contribution in [0.1, 0.15) is 37.9 Å². The highest BCUT2D eigenvalue weighted by molar-refractivity contribution is 5.75. The van der Waals surface area contributed by atoms with Crippen molar-refractivity contribution in [3.05, 3.63) is 59.2 Å². The summed E-state index contributed by atoms with van der Waals surface area (Å²) in [6.07, 6.45) is 8.36. The highest BCUT2D eigenvalue weighted by Crippen LogP contribution is 2.29. The molecule has 0 bridgehead atoms. The molecule has 3 heteroatoms. The molecule has 1 aliphatic carbocycles. The highest BCUT2D eigenvalue weighted by atomic mass is 19.1. The van der Waals surface area contributed by atoms with Gasteiger partial charge >= 0.3 is 0 Å². The zero-order chi connectivity index (χ0) is 14.1. The van der Waals surface area contributed by atoms with Crippen LogP contribution in [-0.2, 0) is 0 Å². The molecule has 1 aromatic carbocycles. The third kappa shape index (κ3) is 2.20. The van der Waals surface area contributed by atoms with Crippen LogP contribution < -0.4 is 0 Å². The van der Waals surface area contributed by atoms with Crippen molar-refractivity contribution in [2.75, 3.05) is 0 Å². The van der Waals surface area contributed by atoms with Gasteiger partial charge in [-0.25, -0.2) is 9.07 Å². The Morgan fingerprint density at radius 3 is 2.70 bits per heavy atom. The van der Waals surface area contributed by atoms with Crippen molar-refractivity contribution >= 4 is 11.6 Å². The van der Waals surface area contributed by atoms with E-state index in [4.69, 9.17) is 0 Å². The zero-order valence-corrected chi connectivity index (χ0v) is 11.7. The van der Waals surface area contributed by atoms with Gasteiger partial charge in [-0.3, -0.25) is 0 Å². The maximum absolute atomic E-state index is 13.1. The lowest BCUT2D eigenvalue weighted by atomic mass is 10.1. The second-order valence-corrected chi connectivity index (χ2v) is 5.08. The molecule has 0 atom stereocenters. The predicted octanol–water partition coefficient (Wildman–Crippen LogP) is 4.61. The molecule has 0 saturated heterocycles. The van der Waals surface area contributed by atoms with Gasteiger partial charge in [0.05, 0.1) is 17.6 Å². The highest BCUT2D eigenvalue weighted by Gasteiger charge is 2.14. The Morgan fingerprint density at radius 2 is 2.00 bits per heavy atom. The maximum Gasteiger partial charge on any atom is 0.123 e. The quantitative estimate of drug-likeness (QED) is 0.777. The maximum atomic E-state index is 13.1. The van der Waals surface area contributed by atoms with Crippen LogP contribution >= 0.6 is 0 Å². The molecule has 102 valence electrons. The summed E-state index contributed by atoms with van der Waals surface area (Å²) in [5.41, 5.74) is 5.74. The molecule has 0 spiro atoms. The summed E-state index contributed by atoms with van der Waals surface area (Å²) in [7, 11) is 0. The first-order valence-corrected chi connectivity index (χ1v) is 6.89. The molecule has 0 saturated carbocycles. The van der Waals surface area contributed by atoms with E-state index in [2.05, 4.69) is 31.1 Å². The van der Waals surface area contributed by atoms with Crippen molar-refractivity contribution in [1.82, 2.24) is 9.78 Å². The van der Waals surface area contributed by atoms with Gasteiger partial charge in [0.2, 0.25) is 0 Å². The molecule has 1 aromatic heterocycles. The van der Waals surface area contributed by atoms with Gasteiger partial charge in [-0.1, -0.05) is 18.6 Å². The number of aromatic nitrogens is 2. The molecule has 0 N–H and O–H groups in total. The molecule has 0 amide bonds. The number of hydrogen-bond acceptors (Lipinski definition) is 1. The monoisotopic (exact) mass is 268 g/mol. The van der Waals surface area contributed by atoms with E-state index in [1.54, 1.807) is 12.1 Å². The Morgan fingerprint density at radius 1 is 1.25 bits per heavy atom. The van der Waals surface area contributed by atoms with Crippen molar-refractivity contribution in [3.63, 3.8) is 0 Å². The summed E-state index contributed by atoms with van der Waals surface area (Å²) in [4.78, 5) is 0. The van der Waals surface area contributed by atoms with E-state index >= 15 is 0 Å². The van der Waals surface area contributed by atoms with Crippen molar-refractivity contribution in [2.24, 2.45) is 0 Å². The summed E-state index contributed by atoms with van der Waals surface area (Å²) in [5, 5.41) is 4.47. The van der Waals surface area contributed by atoms with Crippen molar-refractivity contribution in [2.45, 2.75) is 26.7 Å². The van der Waals surface area contributed by atoms with E-state index in [1.165, 1.54) is 23.3 Å². The number of rotatable bonds is 2. The summed E-state index contributed by atoms with van der Waals surface area (Å²) < 4.78 is 14.9. The van der Waals surface area contributed by atoms with E-state index in [1.807, 2.05) is 10.9 Å². The van der Waals surface area contributed by atoms with E-state index in [0.717, 1.165) is 29.8 Å². The first-order valence-electron chi connectivity index (χ1n) is 6.89. The summed E-state index contributed by atoms with van der Waals surface area (Å²) in [5.74, 6) is -0.229. The number of benzene rings is 1. The van der Waals surface area contributed by atoms with Gasteiger partial charge in [0, 0.05) is 5.56 Å². The van der Waals surface area contributed by atoms with Crippen LogP contribution in [0.5, 0.6) is 0 Å². The standard InChI is InChI=1S/C17H17FN2/c1-3-13-5-4-12(2)16-11-19-20(17(16)10-13)15-8-6-14(18)7-9-15/h4,6-11H,3,5H2,1-2H3. The topological polar surface area (TPSA) is 17.8 Å². The van der Waals surface area contributed by atoms with Gasteiger partial charge in [0.15, 0.2) is 0 Å². The average Bonchev–Trinajstić information content (AvgIpc) is 2.80. The largest absolute Gasteiger partial charge is 0.233 e. The minimum atomic E-state index is -0.229. The number of halogens is 1. The van der Waals surface area contributed by atoms with Crippen LogP contribution in [-0.4, -0.2) is 9.78 Å². The molecule has 2 aromatic rings. The SMILES string of the molecule is CCC1=Cc2c(cnn2-c2ccc(F)cc2)C(C)=CC1. The van der Waals surface area contributed by atoms with E-state index in [9.17, 15) is 4.39 Å². The molecule has 0 radical (unpaired) electrons. The fourth-order valence-corrected chi connectivity index (χ4v) is 2.48. The summed E-state index contributed by atoms with van der Waals surface area (Å²) in [6.45, 7) is 4.28. The smallest absolute Gasteiger partial charge is 0.123 e.